The SMILES string of the molecule is C[C@@H](CNc1ccnc(Nc2ccc3c(c2)S(=O)(=O)NC3)n1)c1ccccc1. The zero-order valence-electron chi connectivity index (χ0n) is 15.4. The molecule has 3 aromatic rings. The quantitative estimate of drug-likeness (QED) is 0.593. The Morgan fingerprint density at radius 3 is 2.79 bits per heavy atom. The van der Waals surface area contributed by atoms with Crippen LogP contribution in [0.4, 0.5) is 17.5 Å². The summed E-state index contributed by atoms with van der Waals surface area (Å²) in [6.45, 7) is 3.22. The van der Waals surface area contributed by atoms with E-state index < -0.39 is 10.0 Å². The number of sulfonamides is 1. The highest BCUT2D eigenvalue weighted by Gasteiger charge is 2.25. The van der Waals surface area contributed by atoms with E-state index in [-0.39, 0.29) is 0 Å². The Morgan fingerprint density at radius 2 is 1.96 bits per heavy atom. The minimum Gasteiger partial charge on any atom is -0.369 e. The van der Waals surface area contributed by atoms with E-state index in [1.54, 1.807) is 24.4 Å². The van der Waals surface area contributed by atoms with Crippen LogP contribution < -0.4 is 15.4 Å². The Hall–Kier alpha value is -2.97. The Balaban J connectivity index is 1.45. The second-order valence-electron chi connectivity index (χ2n) is 6.73. The number of benzene rings is 2. The van der Waals surface area contributed by atoms with Gasteiger partial charge < -0.3 is 10.6 Å². The van der Waals surface area contributed by atoms with Gasteiger partial charge in [-0.05, 0) is 35.2 Å². The molecule has 0 bridgehead atoms. The van der Waals surface area contributed by atoms with Crippen molar-refractivity contribution in [1.29, 1.82) is 0 Å². The van der Waals surface area contributed by atoms with Crippen LogP contribution in [0.2, 0.25) is 0 Å². The lowest BCUT2D eigenvalue weighted by Gasteiger charge is -2.14. The van der Waals surface area contributed by atoms with Crippen LogP contribution >= 0.6 is 0 Å². The van der Waals surface area contributed by atoms with Crippen molar-refractivity contribution >= 4 is 27.5 Å². The molecule has 4 rings (SSSR count). The molecule has 1 aliphatic rings. The molecule has 0 spiro atoms. The average molecular weight is 395 g/mol. The number of nitrogens with zero attached hydrogens (tertiary/aromatic N) is 2. The number of aromatic nitrogens is 2. The molecule has 0 radical (unpaired) electrons. The summed E-state index contributed by atoms with van der Waals surface area (Å²) in [6, 6.07) is 17.3. The summed E-state index contributed by atoms with van der Waals surface area (Å²) in [5, 5.41) is 6.40. The predicted molar refractivity (Wildman–Crippen MR) is 109 cm³/mol. The minimum absolute atomic E-state index is 0.295. The molecule has 0 aliphatic carbocycles. The number of hydrogen-bond donors (Lipinski definition) is 3. The molecule has 0 fully saturated rings. The number of rotatable bonds is 6. The molecule has 2 heterocycles. The van der Waals surface area contributed by atoms with Crippen LogP contribution in [0.25, 0.3) is 0 Å². The van der Waals surface area contributed by atoms with Crippen LogP contribution in [0.5, 0.6) is 0 Å². The average Bonchev–Trinajstić information content (AvgIpc) is 3.01. The van der Waals surface area contributed by atoms with Gasteiger partial charge >= 0.3 is 0 Å². The molecule has 0 saturated carbocycles. The first-order valence-corrected chi connectivity index (χ1v) is 10.5. The maximum absolute atomic E-state index is 12.0. The van der Waals surface area contributed by atoms with Gasteiger partial charge in [0.25, 0.3) is 0 Å². The molecule has 2 aromatic carbocycles. The molecule has 3 N–H and O–H groups in total. The van der Waals surface area contributed by atoms with Crippen molar-refractivity contribution < 1.29 is 8.42 Å². The number of fused-ring (bicyclic) bond motifs is 1. The van der Waals surface area contributed by atoms with Gasteiger partial charge in [-0.1, -0.05) is 43.3 Å². The Labute approximate surface area is 164 Å². The lowest BCUT2D eigenvalue weighted by Crippen LogP contribution is -2.13. The third-order valence-electron chi connectivity index (χ3n) is 4.68. The summed E-state index contributed by atoms with van der Waals surface area (Å²) in [4.78, 5) is 8.98. The summed E-state index contributed by atoms with van der Waals surface area (Å²) in [7, 11) is -3.42. The van der Waals surface area contributed by atoms with Crippen LogP contribution in [0.15, 0.2) is 65.7 Å². The maximum Gasteiger partial charge on any atom is 0.241 e. The second-order valence-corrected chi connectivity index (χ2v) is 8.47. The van der Waals surface area contributed by atoms with Crippen LogP contribution in [-0.4, -0.2) is 24.9 Å². The smallest absolute Gasteiger partial charge is 0.241 e. The Bertz CT molecular complexity index is 1090. The largest absolute Gasteiger partial charge is 0.369 e. The third-order valence-corrected chi connectivity index (χ3v) is 6.16. The van der Waals surface area contributed by atoms with Crippen molar-refractivity contribution in [1.82, 2.24) is 14.7 Å². The zero-order valence-corrected chi connectivity index (χ0v) is 16.2. The van der Waals surface area contributed by atoms with Crippen molar-refractivity contribution in [3.05, 3.63) is 71.9 Å². The highest BCUT2D eigenvalue weighted by atomic mass is 32.2. The molecule has 0 amide bonds. The number of anilines is 3. The van der Waals surface area contributed by atoms with Crippen molar-refractivity contribution in [2.45, 2.75) is 24.3 Å². The molecule has 0 unspecified atom stereocenters. The lowest BCUT2D eigenvalue weighted by molar-refractivity contribution is 0.589. The third kappa shape index (κ3) is 3.97. The second kappa shape index (κ2) is 7.57. The Morgan fingerprint density at radius 1 is 1.14 bits per heavy atom. The van der Waals surface area contributed by atoms with Gasteiger partial charge in [0.1, 0.15) is 5.82 Å². The molecule has 144 valence electrons. The molecule has 7 nitrogen and oxygen atoms in total. The van der Waals surface area contributed by atoms with Crippen molar-refractivity contribution in [2.24, 2.45) is 0 Å². The highest BCUT2D eigenvalue weighted by molar-refractivity contribution is 7.89. The lowest BCUT2D eigenvalue weighted by atomic mass is 10.0. The van der Waals surface area contributed by atoms with E-state index in [2.05, 4.69) is 44.4 Å². The number of hydrogen-bond acceptors (Lipinski definition) is 6. The van der Waals surface area contributed by atoms with Gasteiger partial charge in [-0.3, -0.25) is 0 Å². The molecule has 0 saturated heterocycles. The summed E-state index contributed by atoms with van der Waals surface area (Å²) in [6.07, 6.45) is 1.66. The first-order valence-electron chi connectivity index (χ1n) is 9.03. The fraction of sp³-hybridized carbons (Fsp3) is 0.200. The van der Waals surface area contributed by atoms with Gasteiger partial charge in [-0.15, -0.1) is 0 Å². The number of nitrogens with one attached hydrogen (secondary N) is 3. The topological polar surface area (TPSA) is 96.0 Å². The molecule has 1 atom stereocenters. The van der Waals surface area contributed by atoms with Crippen molar-refractivity contribution in [3.8, 4) is 0 Å². The molecular weight excluding hydrogens is 374 g/mol. The Kier molecular flexibility index (Phi) is 4.97. The first kappa shape index (κ1) is 18.4. The van der Waals surface area contributed by atoms with E-state index >= 15 is 0 Å². The predicted octanol–water partition coefficient (Wildman–Crippen LogP) is 3.23. The van der Waals surface area contributed by atoms with Crippen LogP contribution in [-0.2, 0) is 16.6 Å². The monoisotopic (exact) mass is 395 g/mol. The van der Waals surface area contributed by atoms with Gasteiger partial charge in [0.05, 0.1) is 4.90 Å². The fourth-order valence-corrected chi connectivity index (χ4v) is 4.35. The van der Waals surface area contributed by atoms with Crippen LogP contribution in [0, 0.1) is 0 Å². The molecule has 8 heteroatoms. The highest BCUT2D eigenvalue weighted by Crippen LogP contribution is 2.26. The van der Waals surface area contributed by atoms with Crippen LogP contribution in [0.3, 0.4) is 0 Å². The molecule has 28 heavy (non-hydrogen) atoms. The first-order chi connectivity index (χ1) is 13.5. The summed E-state index contributed by atoms with van der Waals surface area (Å²) in [5.74, 6) is 1.44. The summed E-state index contributed by atoms with van der Waals surface area (Å²) < 4.78 is 26.5. The fourth-order valence-electron chi connectivity index (χ4n) is 3.08. The molecule has 1 aromatic heterocycles. The minimum atomic E-state index is -3.42. The van der Waals surface area contributed by atoms with Crippen molar-refractivity contribution in [3.63, 3.8) is 0 Å². The van der Waals surface area contributed by atoms with Gasteiger partial charge in [-0.25, -0.2) is 18.1 Å². The van der Waals surface area contributed by atoms with E-state index in [0.717, 1.165) is 12.1 Å². The van der Waals surface area contributed by atoms with E-state index in [4.69, 9.17) is 0 Å². The molecular formula is C20H21N5O2S. The van der Waals surface area contributed by atoms with E-state index in [1.807, 2.05) is 24.3 Å². The maximum atomic E-state index is 12.0. The van der Waals surface area contributed by atoms with E-state index in [1.165, 1.54) is 5.56 Å². The molecule has 1 aliphatic heterocycles. The normalized spacial score (nSPS) is 15.6. The van der Waals surface area contributed by atoms with Crippen molar-refractivity contribution in [2.75, 3.05) is 17.2 Å². The van der Waals surface area contributed by atoms with Gasteiger partial charge in [-0.2, -0.15) is 4.98 Å². The summed E-state index contributed by atoms with van der Waals surface area (Å²) >= 11 is 0. The van der Waals surface area contributed by atoms with Gasteiger partial charge in [0.15, 0.2) is 0 Å². The summed E-state index contributed by atoms with van der Waals surface area (Å²) in [5.41, 5.74) is 2.65. The van der Waals surface area contributed by atoms with E-state index in [0.29, 0.717) is 34.8 Å². The standard InChI is InChI=1S/C20H21N5O2S/c1-14(15-5-3-2-4-6-15)12-22-19-9-10-21-20(25-19)24-17-8-7-16-13-23-28(26,27)18(16)11-17/h2-11,14,23H,12-13H2,1H3,(H2,21,22,24,25)/t14-/m0/s1. The van der Waals surface area contributed by atoms with Gasteiger partial charge in [0.2, 0.25) is 16.0 Å². The van der Waals surface area contributed by atoms with E-state index in [9.17, 15) is 8.42 Å². The van der Waals surface area contributed by atoms with Crippen LogP contribution in [0.1, 0.15) is 24.0 Å². The zero-order chi connectivity index (χ0) is 19.6. The van der Waals surface area contributed by atoms with Gasteiger partial charge in [0, 0.05) is 25.0 Å².